The number of benzene rings is 1. The molecule has 1 N–H and O–H groups in total. The highest BCUT2D eigenvalue weighted by molar-refractivity contribution is 5.46. The Bertz CT molecular complexity index is 420. The van der Waals surface area contributed by atoms with Crippen molar-refractivity contribution in [2.24, 2.45) is 5.92 Å². The summed E-state index contributed by atoms with van der Waals surface area (Å²) in [6, 6.07) is 2.38. The van der Waals surface area contributed by atoms with Crippen molar-refractivity contribution in [3.8, 4) is 0 Å². The van der Waals surface area contributed by atoms with Gasteiger partial charge in [-0.05, 0) is 30.9 Å². The van der Waals surface area contributed by atoms with Gasteiger partial charge in [-0.3, -0.25) is 0 Å². The van der Waals surface area contributed by atoms with Gasteiger partial charge in [-0.25, -0.2) is 13.2 Å². The van der Waals surface area contributed by atoms with Crippen LogP contribution >= 0.6 is 0 Å². The number of rotatable bonds is 3. The SMILES string of the molecule is CCC1CCCC(Nc2ccc(F)c(F)c2F)C1. The maximum atomic E-state index is 13.5. The lowest BCUT2D eigenvalue weighted by atomic mass is 9.84. The lowest BCUT2D eigenvalue weighted by Crippen LogP contribution is -2.27. The lowest BCUT2D eigenvalue weighted by molar-refractivity contribution is 0.326. The fourth-order valence-electron chi connectivity index (χ4n) is 2.65. The molecule has 1 aliphatic carbocycles. The second-order valence-electron chi connectivity index (χ2n) is 5.01. The zero-order valence-electron chi connectivity index (χ0n) is 10.5. The first-order valence-corrected chi connectivity index (χ1v) is 6.51. The van der Waals surface area contributed by atoms with Gasteiger partial charge in [0.05, 0.1) is 5.69 Å². The summed E-state index contributed by atoms with van der Waals surface area (Å²) in [4.78, 5) is 0. The van der Waals surface area contributed by atoms with Crippen molar-refractivity contribution in [2.45, 2.75) is 45.1 Å². The third-order valence-electron chi connectivity index (χ3n) is 3.75. The molecule has 100 valence electrons. The normalized spacial score (nSPS) is 24.0. The van der Waals surface area contributed by atoms with Crippen molar-refractivity contribution in [2.75, 3.05) is 5.32 Å². The minimum absolute atomic E-state index is 0.0654. The molecule has 1 aromatic carbocycles. The van der Waals surface area contributed by atoms with Gasteiger partial charge >= 0.3 is 0 Å². The number of hydrogen-bond donors (Lipinski definition) is 1. The Morgan fingerprint density at radius 3 is 2.67 bits per heavy atom. The van der Waals surface area contributed by atoms with Gasteiger partial charge in [0, 0.05) is 6.04 Å². The van der Waals surface area contributed by atoms with Crippen molar-refractivity contribution in [1.82, 2.24) is 0 Å². The Hall–Kier alpha value is -1.19. The van der Waals surface area contributed by atoms with E-state index in [-0.39, 0.29) is 11.7 Å². The summed E-state index contributed by atoms with van der Waals surface area (Å²) in [6.45, 7) is 2.14. The second-order valence-corrected chi connectivity index (χ2v) is 5.01. The van der Waals surface area contributed by atoms with Gasteiger partial charge in [0.1, 0.15) is 0 Å². The van der Waals surface area contributed by atoms with E-state index in [2.05, 4.69) is 12.2 Å². The van der Waals surface area contributed by atoms with Gasteiger partial charge < -0.3 is 5.32 Å². The smallest absolute Gasteiger partial charge is 0.196 e. The molecule has 0 spiro atoms. The zero-order valence-corrected chi connectivity index (χ0v) is 10.5. The molecule has 1 nitrogen and oxygen atoms in total. The predicted octanol–water partition coefficient (Wildman–Crippen LogP) is 4.48. The zero-order chi connectivity index (χ0) is 13.1. The quantitative estimate of drug-likeness (QED) is 0.787. The van der Waals surface area contributed by atoms with Crippen LogP contribution in [-0.4, -0.2) is 6.04 Å². The van der Waals surface area contributed by atoms with E-state index in [1.807, 2.05) is 0 Å². The van der Waals surface area contributed by atoms with Crippen LogP contribution in [0.2, 0.25) is 0 Å². The molecule has 1 aromatic rings. The van der Waals surface area contributed by atoms with Crippen LogP contribution in [-0.2, 0) is 0 Å². The van der Waals surface area contributed by atoms with E-state index in [0.717, 1.165) is 31.7 Å². The maximum absolute atomic E-state index is 13.5. The van der Waals surface area contributed by atoms with Crippen LogP contribution < -0.4 is 5.32 Å². The Kier molecular flexibility index (Phi) is 4.15. The van der Waals surface area contributed by atoms with E-state index < -0.39 is 17.5 Å². The minimum atomic E-state index is -1.40. The molecule has 1 fully saturated rings. The summed E-state index contributed by atoms with van der Waals surface area (Å²) >= 11 is 0. The predicted molar refractivity (Wildman–Crippen MR) is 66.0 cm³/mol. The van der Waals surface area contributed by atoms with Crippen molar-refractivity contribution < 1.29 is 13.2 Å². The molecular formula is C14H18F3N. The lowest BCUT2D eigenvalue weighted by Gasteiger charge is -2.30. The maximum Gasteiger partial charge on any atom is 0.196 e. The van der Waals surface area contributed by atoms with Crippen LogP contribution in [0, 0.1) is 23.4 Å². The van der Waals surface area contributed by atoms with E-state index in [4.69, 9.17) is 0 Å². The summed E-state index contributed by atoms with van der Waals surface area (Å²) in [6.07, 6.45) is 5.33. The average Bonchev–Trinajstić information content (AvgIpc) is 2.40. The molecule has 0 aliphatic heterocycles. The van der Waals surface area contributed by atoms with Crippen LogP contribution in [0.3, 0.4) is 0 Å². The molecule has 0 radical (unpaired) electrons. The van der Waals surface area contributed by atoms with Gasteiger partial charge in [-0.15, -0.1) is 0 Å². The Balaban J connectivity index is 2.07. The van der Waals surface area contributed by atoms with Crippen LogP contribution in [0.1, 0.15) is 39.0 Å². The van der Waals surface area contributed by atoms with E-state index >= 15 is 0 Å². The van der Waals surface area contributed by atoms with Crippen LogP contribution in [0.4, 0.5) is 18.9 Å². The Morgan fingerprint density at radius 1 is 1.17 bits per heavy atom. The highest BCUT2D eigenvalue weighted by atomic mass is 19.2. The molecule has 0 aromatic heterocycles. The summed E-state index contributed by atoms with van der Waals surface area (Å²) in [5.41, 5.74) is 0.0654. The topological polar surface area (TPSA) is 12.0 Å². The standard InChI is InChI=1S/C14H18F3N/c1-2-9-4-3-5-10(8-9)18-12-7-6-11(15)13(16)14(12)17/h6-7,9-10,18H,2-5,8H2,1H3. The molecular weight excluding hydrogens is 239 g/mol. The fraction of sp³-hybridized carbons (Fsp3) is 0.571. The highest BCUT2D eigenvalue weighted by Gasteiger charge is 2.22. The highest BCUT2D eigenvalue weighted by Crippen LogP contribution is 2.30. The Morgan fingerprint density at radius 2 is 1.94 bits per heavy atom. The van der Waals surface area contributed by atoms with Crippen molar-refractivity contribution in [3.05, 3.63) is 29.6 Å². The molecule has 1 saturated carbocycles. The average molecular weight is 257 g/mol. The van der Waals surface area contributed by atoms with Crippen molar-refractivity contribution in [1.29, 1.82) is 0 Å². The third kappa shape index (κ3) is 2.79. The number of halogens is 3. The monoisotopic (exact) mass is 257 g/mol. The van der Waals surface area contributed by atoms with Crippen LogP contribution in [0.5, 0.6) is 0 Å². The molecule has 18 heavy (non-hydrogen) atoms. The summed E-state index contributed by atoms with van der Waals surface area (Å²) in [5.74, 6) is -3.02. The molecule has 2 unspecified atom stereocenters. The largest absolute Gasteiger partial charge is 0.380 e. The van der Waals surface area contributed by atoms with Crippen LogP contribution in [0.25, 0.3) is 0 Å². The Labute approximate surface area is 105 Å². The van der Waals surface area contributed by atoms with E-state index in [1.54, 1.807) is 0 Å². The van der Waals surface area contributed by atoms with Gasteiger partial charge in [0.15, 0.2) is 17.5 Å². The molecule has 2 atom stereocenters. The van der Waals surface area contributed by atoms with Crippen LogP contribution in [0.15, 0.2) is 12.1 Å². The first kappa shape index (κ1) is 13.2. The van der Waals surface area contributed by atoms with Gasteiger partial charge in [0.2, 0.25) is 0 Å². The molecule has 0 bridgehead atoms. The molecule has 2 rings (SSSR count). The number of nitrogens with one attached hydrogen (secondary N) is 1. The summed E-state index contributed by atoms with van der Waals surface area (Å²) < 4.78 is 39.4. The van der Waals surface area contributed by atoms with E-state index in [0.29, 0.717) is 5.92 Å². The molecule has 4 heteroatoms. The molecule has 0 amide bonds. The second kappa shape index (κ2) is 5.63. The fourth-order valence-corrected chi connectivity index (χ4v) is 2.65. The van der Waals surface area contributed by atoms with Gasteiger partial charge in [-0.2, -0.15) is 0 Å². The first-order valence-electron chi connectivity index (χ1n) is 6.51. The van der Waals surface area contributed by atoms with Gasteiger partial charge in [-0.1, -0.05) is 26.2 Å². The molecule has 1 aliphatic rings. The summed E-state index contributed by atoms with van der Waals surface area (Å²) in [5, 5.41) is 3.00. The van der Waals surface area contributed by atoms with Crippen molar-refractivity contribution in [3.63, 3.8) is 0 Å². The first-order chi connectivity index (χ1) is 8.61. The molecule has 0 saturated heterocycles. The summed E-state index contributed by atoms with van der Waals surface area (Å²) in [7, 11) is 0. The minimum Gasteiger partial charge on any atom is -0.380 e. The van der Waals surface area contributed by atoms with Crippen molar-refractivity contribution >= 4 is 5.69 Å². The number of hydrogen-bond acceptors (Lipinski definition) is 1. The third-order valence-corrected chi connectivity index (χ3v) is 3.75. The molecule has 0 heterocycles. The van der Waals surface area contributed by atoms with Gasteiger partial charge in [0.25, 0.3) is 0 Å². The van der Waals surface area contributed by atoms with E-state index in [9.17, 15) is 13.2 Å². The van der Waals surface area contributed by atoms with E-state index in [1.165, 1.54) is 12.5 Å². The number of anilines is 1.